The summed E-state index contributed by atoms with van der Waals surface area (Å²) in [5.74, 6) is -2.87. The van der Waals surface area contributed by atoms with E-state index in [1.165, 1.54) is 0 Å². The van der Waals surface area contributed by atoms with Crippen LogP contribution in [0.3, 0.4) is 0 Å². The number of aliphatic hydroxyl groups is 8. The van der Waals surface area contributed by atoms with E-state index in [0.717, 1.165) is 51.9 Å². The summed E-state index contributed by atoms with van der Waals surface area (Å²) >= 11 is 0. The Labute approximate surface area is 309 Å². The minimum atomic E-state index is -1.84. The minimum Gasteiger partial charge on any atom is -0.479 e. The van der Waals surface area contributed by atoms with Crippen LogP contribution in [0, 0.1) is 0 Å². The number of aliphatic hydroxyl groups excluding tert-OH is 8. The van der Waals surface area contributed by atoms with Gasteiger partial charge in [0.2, 0.25) is 0 Å². The summed E-state index contributed by atoms with van der Waals surface area (Å²) in [5, 5.41) is 91.8. The molecule has 0 aromatic carbocycles. The van der Waals surface area contributed by atoms with E-state index >= 15 is 0 Å². The standard InChI is InChI=1S/C35H62O18/c1-3-4-13-21(38)16-26(41)52-32-28(43)27(42)24(17-36)50-35(32)53-31-25(19-48-20(2)37)51-34(30(45)29(31)44)49-18-22(39)14-11-9-7-5-6-8-10-12-15-23(40)33(46)47/h21-25,27-32,34-36,38-40,42-45H,3-19H2,1-2H3,(H,46,47)/t21?,22?,23?,24-,25-,27-,28+,29-,30-,31-,32-,34-,35+/m1/s1. The quantitative estimate of drug-likeness (QED) is 0.0392. The fourth-order valence-corrected chi connectivity index (χ4v) is 6.12. The van der Waals surface area contributed by atoms with E-state index in [2.05, 4.69) is 0 Å². The smallest absolute Gasteiger partial charge is 0.332 e. The summed E-state index contributed by atoms with van der Waals surface area (Å²) in [6.07, 6.45) is -10.9. The average molecular weight is 771 g/mol. The second-order valence-corrected chi connectivity index (χ2v) is 13.8. The van der Waals surface area contributed by atoms with Crippen LogP contribution in [0.1, 0.15) is 104 Å². The van der Waals surface area contributed by atoms with Gasteiger partial charge in [0.15, 0.2) is 24.8 Å². The van der Waals surface area contributed by atoms with E-state index < -0.39 is 117 Å². The van der Waals surface area contributed by atoms with Gasteiger partial charge < -0.3 is 74.4 Å². The predicted octanol–water partition coefficient (Wildman–Crippen LogP) is -0.603. The summed E-state index contributed by atoms with van der Waals surface area (Å²) in [6.45, 7) is 1.49. The molecule has 9 N–H and O–H groups in total. The first-order chi connectivity index (χ1) is 25.2. The maximum absolute atomic E-state index is 12.7. The number of carbonyl (C=O) groups excluding carboxylic acids is 2. The van der Waals surface area contributed by atoms with Gasteiger partial charge >= 0.3 is 17.9 Å². The van der Waals surface area contributed by atoms with Crippen LogP contribution in [-0.2, 0) is 42.8 Å². The molecular formula is C35H62O18. The Balaban J connectivity index is 1.95. The van der Waals surface area contributed by atoms with E-state index in [1.54, 1.807) is 0 Å². The Morgan fingerprint density at radius 3 is 1.85 bits per heavy atom. The van der Waals surface area contributed by atoms with Gasteiger partial charge in [0.1, 0.15) is 49.3 Å². The van der Waals surface area contributed by atoms with Crippen molar-refractivity contribution in [2.24, 2.45) is 0 Å². The van der Waals surface area contributed by atoms with E-state index in [4.69, 9.17) is 33.5 Å². The van der Waals surface area contributed by atoms with Crippen molar-refractivity contribution in [2.75, 3.05) is 19.8 Å². The number of hydrogen-bond donors (Lipinski definition) is 9. The Kier molecular flexibility index (Phi) is 22.4. The topological polar surface area (TPSA) is 289 Å². The van der Waals surface area contributed by atoms with E-state index in [1.807, 2.05) is 6.92 Å². The molecule has 18 heteroatoms. The summed E-state index contributed by atoms with van der Waals surface area (Å²) < 4.78 is 33.3. The van der Waals surface area contributed by atoms with Crippen molar-refractivity contribution in [3.63, 3.8) is 0 Å². The molecule has 2 aliphatic rings. The van der Waals surface area contributed by atoms with Gasteiger partial charge in [-0.15, -0.1) is 0 Å². The lowest BCUT2D eigenvalue weighted by molar-refractivity contribution is -0.361. The molecule has 2 rings (SSSR count). The number of rotatable bonds is 26. The average Bonchev–Trinajstić information content (AvgIpc) is 3.11. The van der Waals surface area contributed by atoms with Gasteiger partial charge in [0.05, 0.1) is 31.8 Å². The fourth-order valence-electron chi connectivity index (χ4n) is 6.12. The molecule has 0 amide bonds. The first-order valence-corrected chi connectivity index (χ1v) is 18.7. The van der Waals surface area contributed by atoms with Gasteiger partial charge in [-0.05, 0) is 19.3 Å². The largest absolute Gasteiger partial charge is 0.479 e. The monoisotopic (exact) mass is 770 g/mol. The third-order valence-electron chi connectivity index (χ3n) is 9.27. The lowest BCUT2D eigenvalue weighted by atomic mass is 9.96. The molecule has 2 saturated heterocycles. The van der Waals surface area contributed by atoms with Gasteiger partial charge in [-0.1, -0.05) is 71.1 Å². The van der Waals surface area contributed by atoms with Crippen molar-refractivity contribution < 1.29 is 88.8 Å². The van der Waals surface area contributed by atoms with Crippen LogP contribution in [0.4, 0.5) is 0 Å². The van der Waals surface area contributed by atoms with Crippen LogP contribution in [0.15, 0.2) is 0 Å². The molecule has 0 aromatic rings. The highest BCUT2D eigenvalue weighted by molar-refractivity contribution is 5.71. The summed E-state index contributed by atoms with van der Waals surface area (Å²) in [6, 6.07) is 0. The number of unbranched alkanes of at least 4 members (excludes halogenated alkanes) is 8. The zero-order valence-corrected chi connectivity index (χ0v) is 30.7. The maximum Gasteiger partial charge on any atom is 0.332 e. The van der Waals surface area contributed by atoms with Crippen molar-refractivity contribution in [3.05, 3.63) is 0 Å². The summed E-state index contributed by atoms with van der Waals surface area (Å²) in [5.41, 5.74) is 0. The first-order valence-electron chi connectivity index (χ1n) is 18.7. The van der Waals surface area contributed by atoms with Crippen LogP contribution >= 0.6 is 0 Å². The first kappa shape index (κ1) is 47.1. The van der Waals surface area contributed by atoms with Gasteiger partial charge in [-0.3, -0.25) is 9.59 Å². The maximum atomic E-state index is 12.7. The Morgan fingerprint density at radius 1 is 0.698 bits per heavy atom. The minimum absolute atomic E-state index is 0.238. The van der Waals surface area contributed by atoms with Gasteiger partial charge in [0.25, 0.3) is 0 Å². The molecule has 0 bridgehead atoms. The molecule has 0 aliphatic carbocycles. The van der Waals surface area contributed by atoms with Gasteiger partial charge in [0, 0.05) is 6.92 Å². The molecule has 18 nitrogen and oxygen atoms in total. The molecule has 0 aromatic heterocycles. The third-order valence-corrected chi connectivity index (χ3v) is 9.27. The number of ether oxygens (including phenoxy) is 6. The lowest BCUT2D eigenvalue weighted by Crippen LogP contribution is -2.65. The van der Waals surface area contributed by atoms with Crippen molar-refractivity contribution in [1.82, 2.24) is 0 Å². The normalized spacial score (nSPS) is 30.7. The number of aliphatic carboxylic acids is 1. The molecule has 2 heterocycles. The summed E-state index contributed by atoms with van der Waals surface area (Å²) in [4.78, 5) is 35.0. The molecule has 2 fully saturated rings. The number of carboxylic acid groups (broad SMARTS) is 1. The second kappa shape index (κ2) is 25.2. The highest BCUT2D eigenvalue weighted by Crippen LogP contribution is 2.31. The molecule has 13 atom stereocenters. The lowest BCUT2D eigenvalue weighted by Gasteiger charge is -2.46. The number of esters is 2. The molecule has 53 heavy (non-hydrogen) atoms. The van der Waals surface area contributed by atoms with Crippen molar-refractivity contribution in [2.45, 2.75) is 183 Å². The Bertz CT molecular complexity index is 1050. The number of carboxylic acids is 1. The van der Waals surface area contributed by atoms with Crippen LogP contribution in [-0.4, -0.2) is 163 Å². The Hall–Kier alpha value is -2.07. The molecule has 310 valence electrons. The van der Waals surface area contributed by atoms with Crippen molar-refractivity contribution >= 4 is 17.9 Å². The molecular weight excluding hydrogens is 708 g/mol. The molecule has 2 aliphatic heterocycles. The highest BCUT2D eigenvalue weighted by atomic mass is 16.8. The number of carbonyl (C=O) groups is 3. The van der Waals surface area contributed by atoms with Gasteiger partial charge in [-0.25, -0.2) is 4.79 Å². The Morgan fingerprint density at radius 2 is 1.26 bits per heavy atom. The molecule has 0 radical (unpaired) electrons. The zero-order chi connectivity index (χ0) is 39.5. The molecule has 0 saturated carbocycles. The van der Waals surface area contributed by atoms with E-state index in [0.29, 0.717) is 32.1 Å². The zero-order valence-electron chi connectivity index (χ0n) is 30.7. The van der Waals surface area contributed by atoms with E-state index in [9.17, 15) is 55.2 Å². The summed E-state index contributed by atoms with van der Waals surface area (Å²) in [7, 11) is 0. The molecule has 0 spiro atoms. The number of hydrogen-bond acceptors (Lipinski definition) is 17. The van der Waals surface area contributed by atoms with Crippen LogP contribution in [0.25, 0.3) is 0 Å². The van der Waals surface area contributed by atoms with Crippen LogP contribution < -0.4 is 0 Å². The highest BCUT2D eigenvalue weighted by Gasteiger charge is 2.52. The fraction of sp³-hybridized carbons (Fsp3) is 0.914. The van der Waals surface area contributed by atoms with Crippen molar-refractivity contribution in [1.29, 1.82) is 0 Å². The third kappa shape index (κ3) is 16.7. The van der Waals surface area contributed by atoms with E-state index in [-0.39, 0.29) is 13.0 Å². The van der Waals surface area contributed by atoms with Crippen molar-refractivity contribution in [3.8, 4) is 0 Å². The van der Waals surface area contributed by atoms with Crippen LogP contribution in [0.2, 0.25) is 0 Å². The second-order valence-electron chi connectivity index (χ2n) is 13.8. The van der Waals surface area contributed by atoms with Crippen LogP contribution in [0.5, 0.6) is 0 Å². The molecule has 3 unspecified atom stereocenters. The van der Waals surface area contributed by atoms with Gasteiger partial charge in [-0.2, -0.15) is 0 Å². The SMILES string of the molecule is CCCCC(O)CC(=O)O[C@H]1[C@H](O[C@H]2[C@H](O)[C@@H](O)[C@H](OCC(O)CCCCCCCCCCC(O)C(=O)O)O[C@@H]2COC(C)=O)O[C@H](CO)[C@@H](O)[C@@H]1O. The predicted molar refractivity (Wildman–Crippen MR) is 182 cm³/mol.